The van der Waals surface area contributed by atoms with Gasteiger partial charge >= 0.3 is 0 Å². The van der Waals surface area contributed by atoms with E-state index in [0.717, 1.165) is 36.3 Å². The first-order valence-electron chi connectivity index (χ1n) is 7.57. The van der Waals surface area contributed by atoms with Crippen LogP contribution in [0, 0.1) is 23.7 Å². The third-order valence-corrected chi connectivity index (χ3v) is 5.35. The lowest BCUT2D eigenvalue weighted by Gasteiger charge is -2.47. The number of nitrogens with zero attached hydrogens (tertiary/aromatic N) is 1. The van der Waals surface area contributed by atoms with E-state index in [0.29, 0.717) is 0 Å². The van der Waals surface area contributed by atoms with Crippen molar-refractivity contribution in [3.63, 3.8) is 0 Å². The fourth-order valence-electron chi connectivity index (χ4n) is 4.14. The zero-order valence-electron chi connectivity index (χ0n) is 11.9. The topological polar surface area (TPSA) is 29.3 Å². The van der Waals surface area contributed by atoms with Gasteiger partial charge in [0.1, 0.15) is 0 Å². The van der Waals surface area contributed by atoms with Crippen molar-refractivity contribution < 1.29 is 0 Å². The Hall–Kier alpha value is -0.0800. The maximum atomic E-state index is 5.93. The summed E-state index contributed by atoms with van der Waals surface area (Å²) in [5.41, 5.74) is 5.93. The van der Waals surface area contributed by atoms with E-state index in [1.165, 1.54) is 38.8 Å². The van der Waals surface area contributed by atoms with Crippen LogP contribution in [0.3, 0.4) is 0 Å². The molecule has 0 aromatic rings. The van der Waals surface area contributed by atoms with E-state index < -0.39 is 0 Å². The predicted molar refractivity (Wildman–Crippen MR) is 73.9 cm³/mol. The van der Waals surface area contributed by atoms with E-state index in [4.69, 9.17) is 5.73 Å². The Bertz CT molecular complexity index is 231. The van der Waals surface area contributed by atoms with Crippen LogP contribution in [-0.2, 0) is 0 Å². The first kappa shape index (κ1) is 13.4. The summed E-state index contributed by atoms with van der Waals surface area (Å²) in [6.07, 6.45) is 5.63. The molecule has 0 spiro atoms. The van der Waals surface area contributed by atoms with E-state index in [1.807, 2.05) is 0 Å². The van der Waals surface area contributed by atoms with Crippen molar-refractivity contribution in [2.45, 2.75) is 52.5 Å². The fourth-order valence-corrected chi connectivity index (χ4v) is 4.14. The van der Waals surface area contributed by atoms with Crippen LogP contribution in [0.15, 0.2) is 0 Å². The van der Waals surface area contributed by atoms with Gasteiger partial charge in [-0.2, -0.15) is 0 Å². The van der Waals surface area contributed by atoms with Crippen molar-refractivity contribution in [1.82, 2.24) is 4.90 Å². The molecule has 1 aliphatic heterocycles. The van der Waals surface area contributed by atoms with Crippen LogP contribution in [0.25, 0.3) is 0 Å². The highest BCUT2D eigenvalue weighted by Crippen LogP contribution is 2.35. The van der Waals surface area contributed by atoms with Crippen LogP contribution in [0.2, 0.25) is 0 Å². The maximum Gasteiger partial charge on any atom is 0.0147 e. The van der Waals surface area contributed by atoms with E-state index in [1.54, 1.807) is 0 Å². The molecule has 2 rings (SSSR count). The van der Waals surface area contributed by atoms with Crippen molar-refractivity contribution in [3.8, 4) is 0 Å². The van der Waals surface area contributed by atoms with E-state index in [-0.39, 0.29) is 0 Å². The molecule has 100 valence electrons. The highest BCUT2D eigenvalue weighted by atomic mass is 15.2. The van der Waals surface area contributed by atoms with Crippen molar-refractivity contribution >= 4 is 0 Å². The maximum absolute atomic E-state index is 5.93. The Labute approximate surface area is 107 Å². The molecule has 1 aliphatic carbocycles. The summed E-state index contributed by atoms with van der Waals surface area (Å²) in [5.74, 6) is 3.31. The lowest BCUT2D eigenvalue weighted by atomic mass is 9.76. The van der Waals surface area contributed by atoms with Crippen LogP contribution in [-0.4, -0.2) is 30.6 Å². The summed E-state index contributed by atoms with van der Waals surface area (Å²) in [5, 5.41) is 0. The molecular weight excluding hydrogens is 208 g/mol. The molecular formula is C15H30N2. The molecule has 1 saturated carbocycles. The van der Waals surface area contributed by atoms with Gasteiger partial charge in [0, 0.05) is 12.6 Å². The van der Waals surface area contributed by atoms with Gasteiger partial charge in [-0.3, -0.25) is 4.90 Å². The third-order valence-electron chi connectivity index (χ3n) is 5.35. The van der Waals surface area contributed by atoms with Gasteiger partial charge in [0.15, 0.2) is 0 Å². The predicted octanol–water partition coefficient (Wildman–Crippen LogP) is 2.73. The van der Waals surface area contributed by atoms with Crippen LogP contribution >= 0.6 is 0 Å². The minimum atomic E-state index is 0.727. The van der Waals surface area contributed by atoms with Crippen LogP contribution in [0.1, 0.15) is 46.5 Å². The molecule has 0 aromatic carbocycles. The summed E-state index contributed by atoms with van der Waals surface area (Å²) in [6, 6.07) is 0.824. The monoisotopic (exact) mass is 238 g/mol. The lowest BCUT2D eigenvalue weighted by Crippen LogP contribution is -2.52. The highest BCUT2D eigenvalue weighted by molar-refractivity contribution is 4.90. The third kappa shape index (κ3) is 2.85. The Morgan fingerprint density at radius 3 is 2.24 bits per heavy atom. The molecule has 2 fully saturated rings. The van der Waals surface area contributed by atoms with Gasteiger partial charge in [-0.25, -0.2) is 0 Å². The molecule has 4 unspecified atom stereocenters. The van der Waals surface area contributed by atoms with Gasteiger partial charge < -0.3 is 5.73 Å². The number of likely N-dealkylation sites (tertiary alicyclic amines) is 1. The minimum Gasteiger partial charge on any atom is -0.330 e. The quantitative estimate of drug-likeness (QED) is 0.801. The van der Waals surface area contributed by atoms with Crippen LogP contribution in [0.4, 0.5) is 0 Å². The Balaban J connectivity index is 2.01. The number of piperidine rings is 1. The highest BCUT2D eigenvalue weighted by Gasteiger charge is 2.36. The van der Waals surface area contributed by atoms with Gasteiger partial charge in [-0.15, -0.1) is 0 Å². The second-order valence-corrected chi connectivity index (χ2v) is 6.63. The van der Waals surface area contributed by atoms with Crippen molar-refractivity contribution in [2.75, 3.05) is 19.6 Å². The molecule has 0 radical (unpaired) electrons. The molecule has 2 heteroatoms. The summed E-state index contributed by atoms with van der Waals surface area (Å²) in [6.45, 7) is 10.7. The molecule has 0 aromatic heterocycles. The SMILES string of the molecule is CC1CCN(C2C(C)CCCC2C)CC1CN. The zero-order valence-corrected chi connectivity index (χ0v) is 11.9. The van der Waals surface area contributed by atoms with Crippen molar-refractivity contribution in [2.24, 2.45) is 29.4 Å². The lowest BCUT2D eigenvalue weighted by molar-refractivity contribution is 0.0200. The molecule has 4 atom stereocenters. The molecule has 2 nitrogen and oxygen atoms in total. The number of hydrogen-bond acceptors (Lipinski definition) is 2. The van der Waals surface area contributed by atoms with Crippen LogP contribution < -0.4 is 5.73 Å². The molecule has 0 amide bonds. The van der Waals surface area contributed by atoms with E-state index >= 15 is 0 Å². The minimum absolute atomic E-state index is 0.727. The van der Waals surface area contributed by atoms with Crippen LogP contribution in [0.5, 0.6) is 0 Å². The molecule has 17 heavy (non-hydrogen) atoms. The molecule has 1 saturated heterocycles. The Kier molecular flexibility index (Phi) is 4.48. The zero-order chi connectivity index (χ0) is 12.4. The average molecular weight is 238 g/mol. The Morgan fingerprint density at radius 2 is 1.65 bits per heavy atom. The summed E-state index contributed by atoms with van der Waals surface area (Å²) >= 11 is 0. The van der Waals surface area contributed by atoms with Gasteiger partial charge in [-0.1, -0.05) is 27.2 Å². The fraction of sp³-hybridized carbons (Fsp3) is 1.00. The molecule has 2 N–H and O–H groups in total. The normalized spacial score (nSPS) is 44.8. The van der Waals surface area contributed by atoms with Gasteiger partial charge in [0.05, 0.1) is 0 Å². The standard InChI is InChI=1S/C15H30N2/c1-11-7-8-17(10-14(11)9-16)15-12(2)5-4-6-13(15)3/h11-15H,4-10,16H2,1-3H3. The summed E-state index contributed by atoms with van der Waals surface area (Å²) in [7, 11) is 0. The van der Waals surface area contributed by atoms with Gasteiger partial charge in [-0.05, 0) is 56.0 Å². The Morgan fingerprint density at radius 1 is 1.00 bits per heavy atom. The average Bonchev–Trinajstić information content (AvgIpc) is 2.31. The second kappa shape index (κ2) is 5.71. The summed E-state index contributed by atoms with van der Waals surface area (Å²) in [4.78, 5) is 2.77. The van der Waals surface area contributed by atoms with E-state index in [9.17, 15) is 0 Å². The van der Waals surface area contributed by atoms with E-state index in [2.05, 4.69) is 25.7 Å². The summed E-state index contributed by atoms with van der Waals surface area (Å²) < 4.78 is 0. The van der Waals surface area contributed by atoms with Crippen molar-refractivity contribution in [3.05, 3.63) is 0 Å². The molecule has 2 aliphatic rings. The molecule has 0 bridgehead atoms. The number of rotatable bonds is 2. The smallest absolute Gasteiger partial charge is 0.0147 e. The first-order chi connectivity index (χ1) is 8.13. The van der Waals surface area contributed by atoms with Crippen molar-refractivity contribution in [1.29, 1.82) is 0 Å². The largest absolute Gasteiger partial charge is 0.330 e. The first-order valence-corrected chi connectivity index (χ1v) is 7.57. The van der Waals surface area contributed by atoms with Gasteiger partial charge in [0.25, 0.3) is 0 Å². The van der Waals surface area contributed by atoms with Gasteiger partial charge in [0.2, 0.25) is 0 Å². The second-order valence-electron chi connectivity index (χ2n) is 6.63. The molecule has 1 heterocycles. The number of hydrogen-bond donors (Lipinski definition) is 1. The number of nitrogens with two attached hydrogens (primary N) is 1.